The molecule has 3 aromatic rings. The van der Waals surface area contributed by atoms with Crippen LogP contribution in [0.15, 0.2) is 73.1 Å². The molecule has 1 aromatic heterocycles. The highest BCUT2D eigenvalue weighted by Gasteiger charge is 2.13. The predicted molar refractivity (Wildman–Crippen MR) is 93.8 cm³/mol. The van der Waals surface area contributed by atoms with Gasteiger partial charge in [0.2, 0.25) is 0 Å². The van der Waals surface area contributed by atoms with E-state index in [0.717, 1.165) is 5.56 Å². The third-order valence-corrected chi connectivity index (χ3v) is 3.49. The number of benzene rings is 2. The normalized spacial score (nSPS) is 10.2. The van der Waals surface area contributed by atoms with Gasteiger partial charge in [0.25, 0.3) is 5.91 Å². The molecule has 3 N–H and O–H groups in total. The van der Waals surface area contributed by atoms with E-state index < -0.39 is 0 Å². The molecular weight excluding hydrogens is 302 g/mol. The van der Waals surface area contributed by atoms with E-state index in [1.807, 2.05) is 30.3 Å². The second-order valence-corrected chi connectivity index (χ2v) is 5.18. The summed E-state index contributed by atoms with van der Waals surface area (Å²) in [6.07, 6.45) is 3.24. The zero-order chi connectivity index (χ0) is 16.8. The van der Waals surface area contributed by atoms with Crippen LogP contribution in [0.4, 0.5) is 11.4 Å². The van der Waals surface area contributed by atoms with Gasteiger partial charge in [-0.05, 0) is 30.3 Å². The Bertz CT molecular complexity index is 835. The van der Waals surface area contributed by atoms with Gasteiger partial charge in [-0.25, -0.2) is 0 Å². The maximum atomic E-state index is 12.5. The zero-order valence-electron chi connectivity index (χ0n) is 13.0. The largest absolute Gasteiger partial charge is 0.488 e. The molecule has 120 valence electrons. The van der Waals surface area contributed by atoms with E-state index in [1.165, 1.54) is 0 Å². The fraction of sp³-hybridized carbons (Fsp3) is 0.0526. The van der Waals surface area contributed by atoms with Crippen molar-refractivity contribution in [2.45, 2.75) is 6.61 Å². The Morgan fingerprint density at radius 2 is 1.83 bits per heavy atom. The van der Waals surface area contributed by atoms with Crippen LogP contribution >= 0.6 is 0 Å². The van der Waals surface area contributed by atoms with E-state index in [2.05, 4.69) is 10.3 Å². The maximum absolute atomic E-state index is 12.5. The van der Waals surface area contributed by atoms with Crippen molar-refractivity contribution in [1.82, 2.24) is 4.98 Å². The zero-order valence-corrected chi connectivity index (χ0v) is 13.0. The van der Waals surface area contributed by atoms with Crippen LogP contribution in [0.1, 0.15) is 15.9 Å². The van der Waals surface area contributed by atoms with Crippen molar-refractivity contribution < 1.29 is 9.53 Å². The SMILES string of the molecule is Nc1ccccc1COc1ccccc1C(=O)Nc1cccnc1. The maximum Gasteiger partial charge on any atom is 0.259 e. The first-order valence-corrected chi connectivity index (χ1v) is 7.50. The number of anilines is 2. The summed E-state index contributed by atoms with van der Waals surface area (Å²) in [5.41, 5.74) is 8.54. The lowest BCUT2D eigenvalue weighted by atomic mass is 10.1. The second-order valence-electron chi connectivity index (χ2n) is 5.18. The van der Waals surface area contributed by atoms with E-state index >= 15 is 0 Å². The van der Waals surface area contributed by atoms with Gasteiger partial charge in [0, 0.05) is 17.4 Å². The van der Waals surface area contributed by atoms with Gasteiger partial charge in [-0.15, -0.1) is 0 Å². The standard InChI is InChI=1S/C19H17N3O2/c20-17-9-3-1-6-14(17)13-24-18-10-4-2-8-16(18)19(23)22-15-7-5-11-21-12-15/h1-12H,13,20H2,(H,22,23). The van der Waals surface area contributed by atoms with E-state index in [1.54, 1.807) is 42.7 Å². The first-order chi connectivity index (χ1) is 11.7. The van der Waals surface area contributed by atoms with Crippen LogP contribution < -0.4 is 15.8 Å². The summed E-state index contributed by atoms with van der Waals surface area (Å²) in [6, 6.07) is 18.1. The third-order valence-electron chi connectivity index (χ3n) is 3.49. The number of para-hydroxylation sites is 2. The van der Waals surface area contributed by atoms with Crippen LogP contribution in [0.5, 0.6) is 5.75 Å². The monoisotopic (exact) mass is 319 g/mol. The van der Waals surface area contributed by atoms with Crippen LogP contribution in [0.2, 0.25) is 0 Å². The highest BCUT2D eigenvalue weighted by atomic mass is 16.5. The number of hydrogen-bond acceptors (Lipinski definition) is 4. The Labute approximate surface area is 140 Å². The lowest BCUT2D eigenvalue weighted by Crippen LogP contribution is -2.14. The quantitative estimate of drug-likeness (QED) is 0.706. The highest BCUT2D eigenvalue weighted by molar-refractivity contribution is 6.06. The number of carbonyl (C=O) groups excluding carboxylic acids is 1. The minimum atomic E-state index is -0.250. The van der Waals surface area contributed by atoms with Gasteiger partial charge < -0.3 is 15.8 Å². The first-order valence-electron chi connectivity index (χ1n) is 7.50. The van der Waals surface area contributed by atoms with Gasteiger partial charge in [-0.2, -0.15) is 0 Å². The van der Waals surface area contributed by atoms with Crippen molar-refractivity contribution in [3.8, 4) is 5.75 Å². The summed E-state index contributed by atoms with van der Waals surface area (Å²) >= 11 is 0. The molecule has 0 unspecified atom stereocenters. The van der Waals surface area contributed by atoms with Crippen molar-refractivity contribution in [3.63, 3.8) is 0 Å². The number of carbonyl (C=O) groups is 1. The molecule has 3 rings (SSSR count). The summed E-state index contributed by atoms with van der Waals surface area (Å²) in [7, 11) is 0. The van der Waals surface area contributed by atoms with Crippen molar-refractivity contribution >= 4 is 17.3 Å². The average molecular weight is 319 g/mol. The number of amides is 1. The number of nitrogen functional groups attached to an aromatic ring is 1. The molecule has 0 saturated carbocycles. The van der Waals surface area contributed by atoms with Gasteiger partial charge in [0.1, 0.15) is 12.4 Å². The van der Waals surface area contributed by atoms with Crippen molar-refractivity contribution in [1.29, 1.82) is 0 Å². The molecule has 5 nitrogen and oxygen atoms in total. The molecule has 0 spiro atoms. The predicted octanol–water partition coefficient (Wildman–Crippen LogP) is 3.50. The molecule has 0 aliphatic carbocycles. The number of pyridine rings is 1. The number of nitrogens with one attached hydrogen (secondary N) is 1. The molecule has 1 amide bonds. The van der Waals surface area contributed by atoms with Crippen molar-refractivity contribution in [3.05, 3.63) is 84.2 Å². The summed E-state index contributed by atoms with van der Waals surface area (Å²) in [5.74, 6) is 0.252. The second kappa shape index (κ2) is 7.28. The van der Waals surface area contributed by atoms with Crippen molar-refractivity contribution in [2.75, 3.05) is 11.1 Å². The van der Waals surface area contributed by atoms with Crippen LogP contribution in [0.25, 0.3) is 0 Å². The Kier molecular flexibility index (Phi) is 4.72. The molecule has 1 heterocycles. The fourth-order valence-corrected chi connectivity index (χ4v) is 2.24. The van der Waals surface area contributed by atoms with E-state index in [-0.39, 0.29) is 5.91 Å². The molecule has 0 aliphatic heterocycles. The molecule has 24 heavy (non-hydrogen) atoms. The number of nitrogens with two attached hydrogens (primary N) is 1. The van der Waals surface area contributed by atoms with Gasteiger partial charge >= 0.3 is 0 Å². The molecule has 0 atom stereocenters. The van der Waals surface area contributed by atoms with E-state index in [0.29, 0.717) is 29.3 Å². The topological polar surface area (TPSA) is 77.2 Å². The number of hydrogen-bond donors (Lipinski definition) is 2. The summed E-state index contributed by atoms with van der Waals surface area (Å²) in [6.45, 7) is 0.295. The number of ether oxygens (including phenoxy) is 1. The number of rotatable bonds is 5. The van der Waals surface area contributed by atoms with E-state index in [4.69, 9.17) is 10.5 Å². The Morgan fingerprint density at radius 3 is 2.62 bits per heavy atom. The molecule has 2 aromatic carbocycles. The van der Waals surface area contributed by atoms with E-state index in [9.17, 15) is 4.79 Å². The first kappa shape index (κ1) is 15.6. The van der Waals surface area contributed by atoms with Crippen LogP contribution in [-0.2, 0) is 6.61 Å². The lowest BCUT2D eigenvalue weighted by molar-refractivity contribution is 0.102. The summed E-state index contributed by atoms with van der Waals surface area (Å²) < 4.78 is 5.81. The number of nitrogens with zero attached hydrogens (tertiary/aromatic N) is 1. The van der Waals surface area contributed by atoms with Crippen molar-refractivity contribution in [2.24, 2.45) is 0 Å². The van der Waals surface area contributed by atoms with Gasteiger partial charge in [0.15, 0.2) is 0 Å². The highest BCUT2D eigenvalue weighted by Crippen LogP contribution is 2.22. The third kappa shape index (κ3) is 3.70. The number of aromatic nitrogens is 1. The summed E-state index contributed by atoms with van der Waals surface area (Å²) in [5, 5.41) is 2.80. The molecule has 5 heteroatoms. The molecule has 0 saturated heterocycles. The Hall–Kier alpha value is -3.34. The minimum absolute atomic E-state index is 0.250. The smallest absolute Gasteiger partial charge is 0.259 e. The van der Waals surface area contributed by atoms with Crippen LogP contribution in [-0.4, -0.2) is 10.9 Å². The van der Waals surface area contributed by atoms with Gasteiger partial charge in [-0.1, -0.05) is 30.3 Å². The van der Waals surface area contributed by atoms with Gasteiger partial charge in [-0.3, -0.25) is 9.78 Å². The molecule has 0 bridgehead atoms. The van der Waals surface area contributed by atoms with Crippen LogP contribution in [0.3, 0.4) is 0 Å². The Balaban J connectivity index is 1.75. The van der Waals surface area contributed by atoms with Crippen LogP contribution in [0, 0.1) is 0 Å². The Morgan fingerprint density at radius 1 is 1.04 bits per heavy atom. The molecule has 0 fully saturated rings. The average Bonchev–Trinajstić information content (AvgIpc) is 2.62. The molecular formula is C19H17N3O2. The summed E-state index contributed by atoms with van der Waals surface area (Å²) in [4.78, 5) is 16.4. The molecule has 0 radical (unpaired) electrons. The van der Waals surface area contributed by atoms with Gasteiger partial charge in [0.05, 0.1) is 17.4 Å². The lowest BCUT2D eigenvalue weighted by Gasteiger charge is -2.12. The molecule has 0 aliphatic rings. The minimum Gasteiger partial charge on any atom is -0.488 e. The fourth-order valence-electron chi connectivity index (χ4n) is 2.24.